The van der Waals surface area contributed by atoms with Crippen LogP contribution in [0.15, 0.2) is 64.1 Å². The first-order chi connectivity index (χ1) is 17.2. The second-order valence-electron chi connectivity index (χ2n) is 8.54. The molecule has 0 aliphatic carbocycles. The van der Waals surface area contributed by atoms with Gasteiger partial charge in [-0.2, -0.15) is 13.9 Å². The molecule has 7 nitrogen and oxygen atoms in total. The maximum atomic E-state index is 13.1. The fourth-order valence-corrected chi connectivity index (χ4v) is 6.70. The molecule has 0 atom stereocenters. The highest BCUT2D eigenvalue weighted by Gasteiger charge is 2.30. The van der Waals surface area contributed by atoms with Crippen LogP contribution in [0.5, 0.6) is 0 Å². The summed E-state index contributed by atoms with van der Waals surface area (Å²) in [6, 6.07) is 13.9. The van der Waals surface area contributed by atoms with E-state index >= 15 is 0 Å². The van der Waals surface area contributed by atoms with E-state index in [9.17, 15) is 8.42 Å². The predicted octanol–water partition coefficient (Wildman–Crippen LogP) is 6.63. The van der Waals surface area contributed by atoms with Crippen LogP contribution in [-0.2, 0) is 10.0 Å². The topological polar surface area (TPSA) is 79.6 Å². The summed E-state index contributed by atoms with van der Waals surface area (Å²) in [5.74, 6) is 1.07. The van der Waals surface area contributed by atoms with Gasteiger partial charge in [0.05, 0.1) is 31.3 Å². The lowest BCUT2D eigenvalue weighted by Crippen LogP contribution is -2.39. The number of nitrogens with zero attached hydrogens (tertiary/aromatic N) is 4. The molecule has 1 N–H and O–H groups in total. The lowest BCUT2D eigenvalue weighted by Gasteiger charge is -2.31. The Balaban J connectivity index is 1.30. The van der Waals surface area contributed by atoms with Gasteiger partial charge >= 0.3 is 0 Å². The largest absolute Gasteiger partial charge is 0.370 e. The van der Waals surface area contributed by atoms with Gasteiger partial charge in [-0.25, -0.2) is 13.4 Å². The predicted molar refractivity (Wildman–Crippen MR) is 148 cm³/mol. The highest BCUT2D eigenvalue weighted by Crippen LogP contribution is 2.32. The van der Waals surface area contributed by atoms with Gasteiger partial charge in [0.25, 0.3) is 0 Å². The Morgan fingerprint density at radius 2 is 1.75 bits per heavy atom. The number of nitrogens with one attached hydrogen (secondary N) is 1. The number of anilines is 1. The molecule has 4 aromatic rings. The molecule has 0 saturated carbocycles. The van der Waals surface area contributed by atoms with Gasteiger partial charge in [0.1, 0.15) is 5.82 Å². The molecule has 188 valence electrons. The summed E-state index contributed by atoms with van der Waals surface area (Å²) in [6.45, 7) is 1.52. The van der Waals surface area contributed by atoms with E-state index in [1.807, 2.05) is 30.3 Å². The fraction of sp³-hybridized carbons (Fsp3) is 0.250. The molecule has 0 unspecified atom stereocenters. The van der Waals surface area contributed by atoms with E-state index in [0.29, 0.717) is 35.3 Å². The van der Waals surface area contributed by atoms with Crippen molar-refractivity contribution in [3.05, 3.63) is 74.3 Å². The molecule has 0 amide bonds. The van der Waals surface area contributed by atoms with E-state index in [1.54, 1.807) is 10.7 Å². The number of rotatable bonds is 6. The van der Waals surface area contributed by atoms with Crippen LogP contribution in [0, 0.1) is 5.92 Å². The summed E-state index contributed by atoms with van der Waals surface area (Å²) >= 11 is 21.9. The monoisotopic (exact) mass is 627 g/mol. The van der Waals surface area contributed by atoms with Gasteiger partial charge in [-0.1, -0.05) is 53.0 Å². The molecule has 1 aliphatic heterocycles. The van der Waals surface area contributed by atoms with Crippen LogP contribution in [0.1, 0.15) is 12.8 Å². The highest BCUT2D eigenvalue weighted by atomic mass is 79.9. The number of sulfonamides is 1. The maximum Gasteiger partial charge on any atom is 0.243 e. The summed E-state index contributed by atoms with van der Waals surface area (Å²) < 4.78 is 30.2. The Hall–Kier alpha value is -1.88. The third-order valence-electron chi connectivity index (χ3n) is 6.25. The Morgan fingerprint density at radius 1 is 1.00 bits per heavy atom. The lowest BCUT2D eigenvalue weighted by molar-refractivity contribution is 0.282. The molecule has 1 fully saturated rings. The molecule has 0 bridgehead atoms. The third kappa shape index (κ3) is 5.10. The van der Waals surface area contributed by atoms with Crippen molar-refractivity contribution < 1.29 is 8.42 Å². The first-order valence-electron chi connectivity index (χ1n) is 11.2. The van der Waals surface area contributed by atoms with Crippen molar-refractivity contribution in [2.45, 2.75) is 17.7 Å². The van der Waals surface area contributed by atoms with E-state index in [-0.39, 0.29) is 15.8 Å². The molecule has 2 aromatic carbocycles. The SMILES string of the molecule is O=S(=O)(c1ccc(Cl)c(Cl)c1)N1CCC(CNc2cc(-c3ccccc3Cl)nc3c(Br)cnn23)CC1. The van der Waals surface area contributed by atoms with Crippen molar-refractivity contribution in [1.82, 2.24) is 18.9 Å². The number of fused-ring (bicyclic) bond motifs is 1. The Morgan fingerprint density at radius 3 is 2.47 bits per heavy atom. The van der Waals surface area contributed by atoms with Crippen molar-refractivity contribution >= 4 is 72.2 Å². The summed E-state index contributed by atoms with van der Waals surface area (Å²) in [7, 11) is -3.63. The standard InChI is InChI=1S/C24H21BrCl3N5O2S/c25-18-14-30-33-23(12-22(31-24(18)33)17-3-1-2-4-19(17)26)29-13-15-7-9-32(10-8-15)36(34,35)16-5-6-20(27)21(28)11-16/h1-6,11-12,14-15,29H,7-10,13H2. The second-order valence-corrected chi connectivity index (χ2v) is 12.6. The van der Waals surface area contributed by atoms with Gasteiger partial charge < -0.3 is 5.32 Å². The highest BCUT2D eigenvalue weighted by molar-refractivity contribution is 9.10. The van der Waals surface area contributed by atoms with E-state index in [0.717, 1.165) is 34.4 Å². The molecular weight excluding hydrogens is 609 g/mol. The first kappa shape index (κ1) is 25.8. The fourth-order valence-electron chi connectivity index (χ4n) is 4.26. The molecule has 5 rings (SSSR count). The summed E-state index contributed by atoms with van der Waals surface area (Å²) in [5.41, 5.74) is 2.25. The molecule has 36 heavy (non-hydrogen) atoms. The van der Waals surface area contributed by atoms with Crippen molar-refractivity contribution in [3.8, 4) is 11.3 Å². The van der Waals surface area contributed by atoms with Gasteiger partial charge in [0.2, 0.25) is 10.0 Å². The van der Waals surface area contributed by atoms with Crippen LogP contribution in [-0.4, -0.2) is 47.0 Å². The van der Waals surface area contributed by atoms with Crippen LogP contribution in [0.2, 0.25) is 15.1 Å². The van der Waals surface area contributed by atoms with Crippen LogP contribution in [0.4, 0.5) is 5.82 Å². The maximum absolute atomic E-state index is 13.1. The van der Waals surface area contributed by atoms with Crippen molar-refractivity contribution in [3.63, 3.8) is 0 Å². The summed E-state index contributed by atoms with van der Waals surface area (Å²) in [4.78, 5) is 4.89. The van der Waals surface area contributed by atoms with E-state index < -0.39 is 10.0 Å². The number of hydrogen-bond donors (Lipinski definition) is 1. The summed E-state index contributed by atoms with van der Waals surface area (Å²) in [6.07, 6.45) is 3.15. The van der Waals surface area contributed by atoms with Gasteiger partial charge in [-0.15, -0.1) is 0 Å². The van der Waals surface area contributed by atoms with Crippen molar-refractivity contribution in [2.75, 3.05) is 25.0 Å². The molecule has 12 heteroatoms. The third-order valence-corrected chi connectivity index (χ3v) is 9.78. The zero-order chi connectivity index (χ0) is 25.4. The summed E-state index contributed by atoms with van der Waals surface area (Å²) in [5, 5.41) is 9.10. The van der Waals surface area contributed by atoms with Crippen LogP contribution < -0.4 is 5.32 Å². The number of halogens is 4. The Labute approximate surface area is 232 Å². The van der Waals surface area contributed by atoms with Gasteiger partial charge in [0.15, 0.2) is 5.65 Å². The van der Waals surface area contributed by atoms with Crippen molar-refractivity contribution in [2.24, 2.45) is 5.92 Å². The number of hydrogen-bond acceptors (Lipinski definition) is 5. The minimum absolute atomic E-state index is 0.156. The number of aromatic nitrogens is 3. The molecule has 0 spiro atoms. The Bertz CT molecular complexity index is 1540. The molecule has 1 saturated heterocycles. The normalized spacial score (nSPS) is 15.4. The van der Waals surface area contributed by atoms with Gasteiger partial charge in [-0.05, 0) is 59.0 Å². The van der Waals surface area contributed by atoms with Crippen LogP contribution in [0.25, 0.3) is 16.9 Å². The molecule has 3 heterocycles. The zero-order valence-electron chi connectivity index (χ0n) is 18.8. The van der Waals surface area contributed by atoms with E-state index in [1.165, 1.54) is 22.5 Å². The quantitative estimate of drug-likeness (QED) is 0.259. The van der Waals surface area contributed by atoms with Gasteiger partial charge in [-0.3, -0.25) is 0 Å². The smallest absolute Gasteiger partial charge is 0.243 e. The molecular formula is C24H21BrCl3N5O2S. The average Bonchev–Trinajstić information content (AvgIpc) is 3.25. The minimum atomic E-state index is -3.63. The van der Waals surface area contributed by atoms with E-state index in [2.05, 4.69) is 26.3 Å². The zero-order valence-corrected chi connectivity index (χ0v) is 23.5. The number of piperidine rings is 1. The lowest BCUT2D eigenvalue weighted by atomic mass is 9.98. The number of benzene rings is 2. The first-order valence-corrected chi connectivity index (χ1v) is 14.6. The molecule has 0 radical (unpaired) electrons. The van der Waals surface area contributed by atoms with Gasteiger partial charge in [0, 0.05) is 36.3 Å². The van der Waals surface area contributed by atoms with Crippen molar-refractivity contribution in [1.29, 1.82) is 0 Å². The molecule has 2 aromatic heterocycles. The second kappa shape index (κ2) is 10.5. The molecule has 1 aliphatic rings. The van der Waals surface area contributed by atoms with E-state index in [4.69, 9.17) is 39.8 Å². The average molecular weight is 630 g/mol. The van der Waals surface area contributed by atoms with Crippen LogP contribution in [0.3, 0.4) is 0 Å². The Kier molecular flexibility index (Phi) is 7.49. The minimum Gasteiger partial charge on any atom is -0.370 e. The van der Waals surface area contributed by atoms with Crippen LogP contribution >= 0.6 is 50.7 Å².